The van der Waals surface area contributed by atoms with Crippen LogP contribution in [0.5, 0.6) is 0 Å². The quantitative estimate of drug-likeness (QED) is 0.635. The Labute approximate surface area is 138 Å². The summed E-state index contributed by atoms with van der Waals surface area (Å²) in [4.78, 5) is 0. The smallest absolute Gasteiger partial charge is 0.206 e. The minimum atomic E-state index is -1.83. The maximum Gasteiger partial charge on any atom is 0.206 e. The molecule has 3 nitrogen and oxygen atoms in total. The van der Waals surface area contributed by atoms with Gasteiger partial charge >= 0.3 is 0 Å². The van der Waals surface area contributed by atoms with E-state index in [-0.39, 0.29) is 0 Å². The molecule has 0 N–H and O–H groups in total. The fraction of sp³-hybridized carbons (Fsp3) is 0.278. The van der Waals surface area contributed by atoms with Crippen molar-refractivity contribution >= 4 is 38.0 Å². The molecule has 23 heavy (non-hydrogen) atoms. The van der Waals surface area contributed by atoms with Gasteiger partial charge in [-0.1, -0.05) is 35.0 Å². The summed E-state index contributed by atoms with van der Waals surface area (Å²) in [7, 11) is -3.64. The zero-order valence-electron chi connectivity index (χ0n) is 14.2. The van der Waals surface area contributed by atoms with E-state index in [0.717, 1.165) is 22.2 Å². The Balaban J connectivity index is 1.96. The first-order valence-corrected chi connectivity index (χ1v) is 13.8. The number of hydrogen-bond donors (Lipinski definition) is 0. The lowest BCUT2D eigenvalue weighted by Crippen LogP contribution is -2.43. The number of benzene rings is 2. The molecule has 0 saturated heterocycles. The largest absolute Gasteiger partial charge is 0.449 e. The zero-order chi connectivity index (χ0) is 16.4. The topological polar surface area (TPSA) is 35.3 Å². The molecule has 0 spiro atoms. The van der Waals surface area contributed by atoms with Gasteiger partial charge in [-0.25, -0.2) is 0 Å². The van der Waals surface area contributed by atoms with Crippen molar-refractivity contribution in [3.63, 3.8) is 0 Å². The van der Waals surface area contributed by atoms with Crippen LogP contribution in [0.1, 0.15) is 5.56 Å². The van der Waals surface area contributed by atoms with Crippen LogP contribution in [0.4, 0.5) is 0 Å². The Morgan fingerprint density at radius 3 is 2.13 bits per heavy atom. The molecule has 0 fully saturated rings. The fourth-order valence-corrected chi connectivity index (χ4v) is 13.8. The maximum absolute atomic E-state index is 6.52. The van der Waals surface area contributed by atoms with E-state index < -0.39 is 16.6 Å². The second-order valence-corrected chi connectivity index (χ2v) is 15.3. The predicted molar refractivity (Wildman–Crippen MR) is 99.5 cm³/mol. The molecule has 4 rings (SSSR count). The molecule has 0 aliphatic carbocycles. The normalized spacial score (nSPS) is 18.3. The molecule has 3 aromatic rings. The second kappa shape index (κ2) is 4.66. The summed E-state index contributed by atoms with van der Waals surface area (Å²) in [5.41, 5.74) is 4.15. The molecule has 0 radical (unpaired) electrons. The number of rotatable bonds is 1. The molecule has 1 aromatic heterocycles. The van der Waals surface area contributed by atoms with E-state index >= 15 is 0 Å². The van der Waals surface area contributed by atoms with Gasteiger partial charge < -0.3 is 8.64 Å². The van der Waals surface area contributed by atoms with E-state index in [1.165, 1.54) is 15.9 Å². The summed E-state index contributed by atoms with van der Waals surface area (Å²) >= 11 is 0. The van der Waals surface area contributed by atoms with Crippen LogP contribution in [0.25, 0.3) is 22.2 Å². The molecule has 0 bridgehead atoms. The van der Waals surface area contributed by atoms with Crippen molar-refractivity contribution in [2.75, 3.05) is 0 Å². The van der Waals surface area contributed by atoms with Gasteiger partial charge in [0.1, 0.15) is 5.69 Å². The highest BCUT2D eigenvalue weighted by Crippen LogP contribution is 2.30. The Kier molecular flexibility index (Phi) is 3.01. The molecule has 0 amide bonds. The summed E-state index contributed by atoms with van der Waals surface area (Å²) in [6.07, 6.45) is 0. The minimum Gasteiger partial charge on any atom is -0.449 e. The third-order valence-electron chi connectivity index (χ3n) is 4.74. The average Bonchev–Trinajstić information content (AvgIpc) is 2.95. The molecule has 0 atom stereocenters. The lowest BCUT2D eigenvalue weighted by atomic mass is 10.1. The summed E-state index contributed by atoms with van der Waals surface area (Å²) in [5.74, 6) is 0. The molecule has 0 unspecified atom stereocenters. The lowest BCUT2D eigenvalue weighted by Gasteiger charge is -2.22. The van der Waals surface area contributed by atoms with Gasteiger partial charge in [0.2, 0.25) is 16.6 Å². The highest BCUT2D eigenvalue weighted by atomic mass is 28.4. The third-order valence-corrected chi connectivity index (χ3v) is 12.5. The minimum absolute atomic E-state index is 0.871. The third kappa shape index (κ3) is 2.22. The predicted octanol–water partition coefficient (Wildman–Crippen LogP) is 3.66. The van der Waals surface area contributed by atoms with Crippen LogP contribution in [0.2, 0.25) is 26.2 Å². The van der Waals surface area contributed by atoms with Crippen molar-refractivity contribution in [3.8, 4) is 11.3 Å². The highest BCUT2D eigenvalue weighted by molar-refractivity contribution is 7.06. The Bertz CT molecular complexity index is 911. The molecular formula is C18H21NO2Si2. The molecule has 0 saturated carbocycles. The van der Waals surface area contributed by atoms with Gasteiger partial charge in [0, 0.05) is 10.9 Å². The summed E-state index contributed by atoms with van der Waals surface area (Å²) in [6, 6.07) is 12.9. The van der Waals surface area contributed by atoms with E-state index in [1.54, 1.807) is 0 Å². The van der Waals surface area contributed by atoms with Crippen molar-refractivity contribution in [1.82, 2.24) is 5.16 Å². The van der Waals surface area contributed by atoms with Gasteiger partial charge in [-0.2, -0.15) is 0 Å². The maximum atomic E-state index is 6.52. The first-order valence-electron chi connectivity index (χ1n) is 7.99. The highest BCUT2D eigenvalue weighted by Gasteiger charge is 2.46. The Morgan fingerprint density at radius 2 is 1.48 bits per heavy atom. The van der Waals surface area contributed by atoms with Crippen LogP contribution in [-0.2, 0) is 4.12 Å². The fourth-order valence-electron chi connectivity index (χ4n) is 3.65. The van der Waals surface area contributed by atoms with Gasteiger partial charge in [0.05, 0.1) is 0 Å². The van der Waals surface area contributed by atoms with Crippen LogP contribution < -0.4 is 10.4 Å². The van der Waals surface area contributed by atoms with E-state index in [9.17, 15) is 0 Å². The summed E-state index contributed by atoms with van der Waals surface area (Å²) < 4.78 is 12.2. The van der Waals surface area contributed by atoms with E-state index in [1.807, 2.05) is 0 Å². The number of aromatic nitrogens is 1. The SMILES string of the molecule is Cc1ccc(-c2noc3cc4c(cc23)[Si](C)(C)O[Si]4(C)C)cc1. The van der Waals surface area contributed by atoms with Crippen molar-refractivity contribution in [2.24, 2.45) is 0 Å². The van der Waals surface area contributed by atoms with Crippen LogP contribution in [0.3, 0.4) is 0 Å². The average molecular weight is 340 g/mol. The van der Waals surface area contributed by atoms with Gasteiger partial charge in [-0.05, 0) is 55.6 Å². The molecule has 1 aliphatic rings. The number of fused-ring (bicyclic) bond motifs is 2. The standard InChI is InChI=1S/C18H21NO2Si2/c1-12-6-8-13(9-7-12)18-14-10-16-17(11-15(14)20-19-18)23(4,5)21-22(16,2)3/h6-11H,1-5H3. The molecule has 1 aliphatic heterocycles. The number of aryl methyl sites for hydroxylation is 1. The van der Waals surface area contributed by atoms with E-state index in [4.69, 9.17) is 8.64 Å². The first-order chi connectivity index (χ1) is 10.8. The van der Waals surface area contributed by atoms with Crippen molar-refractivity contribution in [3.05, 3.63) is 42.0 Å². The van der Waals surface area contributed by atoms with Crippen molar-refractivity contribution in [1.29, 1.82) is 0 Å². The van der Waals surface area contributed by atoms with Crippen molar-refractivity contribution in [2.45, 2.75) is 33.1 Å². The van der Waals surface area contributed by atoms with Crippen LogP contribution >= 0.6 is 0 Å². The zero-order valence-corrected chi connectivity index (χ0v) is 16.2. The molecule has 5 heteroatoms. The number of nitrogens with zero attached hydrogens (tertiary/aromatic N) is 1. The van der Waals surface area contributed by atoms with Gasteiger partial charge in [-0.15, -0.1) is 0 Å². The van der Waals surface area contributed by atoms with Crippen LogP contribution in [0.15, 0.2) is 40.9 Å². The van der Waals surface area contributed by atoms with Gasteiger partial charge in [-0.3, -0.25) is 0 Å². The van der Waals surface area contributed by atoms with E-state index in [2.05, 4.69) is 74.7 Å². The van der Waals surface area contributed by atoms with E-state index in [0.29, 0.717) is 0 Å². The van der Waals surface area contributed by atoms with Crippen LogP contribution in [-0.4, -0.2) is 21.8 Å². The summed E-state index contributed by atoms with van der Waals surface area (Å²) in [5, 5.41) is 8.24. The Hall–Kier alpha value is -1.70. The molecular weight excluding hydrogens is 318 g/mol. The molecule has 2 aromatic carbocycles. The molecule has 2 heterocycles. The lowest BCUT2D eigenvalue weighted by molar-refractivity contribution is 0.459. The Morgan fingerprint density at radius 1 is 0.870 bits per heavy atom. The molecule has 118 valence electrons. The second-order valence-electron chi connectivity index (χ2n) is 7.41. The van der Waals surface area contributed by atoms with Crippen LogP contribution in [0, 0.1) is 6.92 Å². The number of hydrogen-bond acceptors (Lipinski definition) is 3. The van der Waals surface area contributed by atoms with Gasteiger partial charge in [0.25, 0.3) is 0 Å². The first kappa shape index (κ1) is 14.9. The monoisotopic (exact) mass is 339 g/mol. The summed E-state index contributed by atoms with van der Waals surface area (Å²) in [6.45, 7) is 11.2. The van der Waals surface area contributed by atoms with Crippen molar-refractivity contribution < 1.29 is 8.64 Å². The van der Waals surface area contributed by atoms with Gasteiger partial charge in [0.15, 0.2) is 5.58 Å².